The summed E-state index contributed by atoms with van der Waals surface area (Å²) in [5.74, 6) is 0.477. The molecule has 8 heteroatoms. The first-order chi connectivity index (χ1) is 13.4. The Kier molecular flexibility index (Phi) is 5.49. The van der Waals surface area contributed by atoms with E-state index < -0.39 is 17.6 Å². The van der Waals surface area contributed by atoms with Crippen molar-refractivity contribution in [2.75, 3.05) is 17.7 Å². The molecule has 0 unspecified atom stereocenters. The lowest BCUT2D eigenvalue weighted by Gasteiger charge is -2.12. The van der Waals surface area contributed by atoms with Gasteiger partial charge in [0.1, 0.15) is 11.6 Å². The average molecular weight is 387 g/mol. The standard InChI is InChI=1S/C20H16F3N3O2/c1-28-16-10-8-15(9-11-16)26-19(27)17-3-2-12-24-18(17)25-14-6-4-13(5-7-14)20(21,22)23/h2-12H,1H3,(H,24,25)(H,26,27). The molecule has 0 aliphatic heterocycles. The molecule has 2 aromatic carbocycles. The molecule has 3 rings (SSSR count). The van der Waals surface area contributed by atoms with Crippen LogP contribution in [0.25, 0.3) is 0 Å². The van der Waals surface area contributed by atoms with Gasteiger partial charge < -0.3 is 15.4 Å². The SMILES string of the molecule is COc1ccc(NC(=O)c2cccnc2Nc2ccc(C(F)(F)F)cc2)cc1. The number of halogens is 3. The maximum atomic E-state index is 12.7. The second-order valence-corrected chi connectivity index (χ2v) is 5.78. The summed E-state index contributed by atoms with van der Waals surface area (Å²) >= 11 is 0. The second-order valence-electron chi connectivity index (χ2n) is 5.78. The van der Waals surface area contributed by atoms with E-state index in [4.69, 9.17) is 4.74 Å². The number of amides is 1. The van der Waals surface area contributed by atoms with Crippen LogP contribution in [0.5, 0.6) is 5.75 Å². The fourth-order valence-electron chi connectivity index (χ4n) is 2.44. The number of alkyl halides is 3. The largest absolute Gasteiger partial charge is 0.497 e. The summed E-state index contributed by atoms with van der Waals surface area (Å²) < 4.78 is 43.1. The average Bonchev–Trinajstić information content (AvgIpc) is 2.68. The van der Waals surface area contributed by atoms with Gasteiger partial charge in [-0.1, -0.05) is 0 Å². The summed E-state index contributed by atoms with van der Waals surface area (Å²) in [6.07, 6.45) is -2.93. The minimum atomic E-state index is -4.41. The van der Waals surface area contributed by atoms with E-state index in [0.29, 0.717) is 17.1 Å². The van der Waals surface area contributed by atoms with Gasteiger partial charge in [0, 0.05) is 17.6 Å². The highest BCUT2D eigenvalue weighted by Gasteiger charge is 2.30. The summed E-state index contributed by atoms with van der Waals surface area (Å²) in [7, 11) is 1.54. The van der Waals surface area contributed by atoms with Crippen molar-refractivity contribution in [2.24, 2.45) is 0 Å². The second kappa shape index (κ2) is 7.99. The monoisotopic (exact) mass is 387 g/mol. The van der Waals surface area contributed by atoms with E-state index in [9.17, 15) is 18.0 Å². The number of benzene rings is 2. The number of nitrogens with zero attached hydrogens (tertiary/aromatic N) is 1. The number of methoxy groups -OCH3 is 1. The molecule has 1 amide bonds. The number of carbonyl (C=O) groups excluding carboxylic acids is 1. The van der Waals surface area contributed by atoms with Crippen LogP contribution in [-0.4, -0.2) is 18.0 Å². The Morgan fingerprint density at radius 3 is 2.21 bits per heavy atom. The van der Waals surface area contributed by atoms with Gasteiger partial charge in [-0.2, -0.15) is 13.2 Å². The van der Waals surface area contributed by atoms with Gasteiger partial charge in [0.15, 0.2) is 0 Å². The Morgan fingerprint density at radius 1 is 0.964 bits per heavy atom. The third-order valence-corrected chi connectivity index (χ3v) is 3.88. The molecule has 0 radical (unpaired) electrons. The van der Waals surface area contributed by atoms with E-state index in [-0.39, 0.29) is 11.4 Å². The van der Waals surface area contributed by atoms with Crippen LogP contribution in [0.3, 0.4) is 0 Å². The molecule has 3 aromatic rings. The number of carbonyl (C=O) groups is 1. The van der Waals surface area contributed by atoms with E-state index in [1.807, 2.05) is 0 Å². The van der Waals surface area contributed by atoms with Crippen molar-refractivity contribution in [3.8, 4) is 5.75 Å². The highest BCUT2D eigenvalue weighted by molar-refractivity contribution is 6.07. The van der Waals surface area contributed by atoms with Crippen molar-refractivity contribution < 1.29 is 22.7 Å². The lowest BCUT2D eigenvalue weighted by atomic mass is 10.2. The Bertz CT molecular complexity index is 956. The molecule has 28 heavy (non-hydrogen) atoms. The van der Waals surface area contributed by atoms with Gasteiger partial charge in [-0.15, -0.1) is 0 Å². The summed E-state index contributed by atoms with van der Waals surface area (Å²) in [5.41, 5.74) is 0.440. The molecule has 0 fully saturated rings. The third kappa shape index (κ3) is 4.59. The van der Waals surface area contributed by atoms with Crippen molar-refractivity contribution in [1.82, 2.24) is 4.98 Å². The number of ether oxygens (including phenoxy) is 1. The van der Waals surface area contributed by atoms with Crippen molar-refractivity contribution in [3.05, 3.63) is 78.0 Å². The molecule has 0 aliphatic carbocycles. The molecule has 5 nitrogen and oxygen atoms in total. The molecule has 0 atom stereocenters. The van der Waals surface area contributed by atoms with Crippen molar-refractivity contribution in [2.45, 2.75) is 6.18 Å². The number of aromatic nitrogens is 1. The first kappa shape index (κ1) is 19.2. The predicted octanol–water partition coefficient (Wildman–Crippen LogP) is 5.10. The zero-order valence-electron chi connectivity index (χ0n) is 14.7. The van der Waals surface area contributed by atoms with Crippen molar-refractivity contribution >= 4 is 23.1 Å². The number of anilines is 3. The Morgan fingerprint density at radius 2 is 1.61 bits per heavy atom. The zero-order chi connectivity index (χ0) is 20.1. The molecule has 1 heterocycles. The van der Waals surface area contributed by atoms with Gasteiger partial charge in [-0.3, -0.25) is 4.79 Å². The summed E-state index contributed by atoms with van der Waals surface area (Å²) in [4.78, 5) is 16.7. The lowest BCUT2D eigenvalue weighted by molar-refractivity contribution is -0.137. The van der Waals surface area contributed by atoms with Crippen LogP contribution in [0.4, 0.5) is 30.4 Å². The van der Waals surface area contributed by atoms with E-state index >= 15 is 0 Å². The Balaban J connectivity index is 1.77. The number of pyridine rings is 1. The summed E-state index contributed by atoms with van der Waals surface area (Å²) in [6.45, 7) is 0. The minimum absolute atomic E-state index is 0.230. The van der Waals surface area contributed by atoms with E-state index in [1.165, 1.54) is 18.3 Å². The molecule has 0 bridgehead atoms. The van der Waals surface area contributed by atoms with Gasteiger partial charge in [-0.25, -0.2) is 4.98 Å². The molecule has 0 aliphatic rings. The van der Waals surface area contributed by atoms with Crippen LogP contribution in [-0.2, 0) is 6.18 Å². The highest BCUT2D eigenvalue weighted by atomic mass is 19.4. The third-order valence-electron chi connectivity index (χ3n) is 3.88. The molecule has 0 spiro atoms. The number of rotatable bonds is 5. The maximum Gasteiger partial charge on any atom is 0.416 e. The topological polar surface area (TPSA) is 63.2 Å². The molecular formula is C20H16F3N3O2. The Hall–Kier alpha value is -3.55. The molecule has 2 N–H and O–H groups in total. The van der Waals surface area contributed by atoms with Gasteiger partial charge in [0.05, 0.1) is 18.2 Å². The van der Waals surface area contributed by atoms with Gasteiger partial charge in [0.25, 0.3) is 5.91 Å². The molecule has 144 valence electrons. The fourth-order valence-corrected chi connectivity index (χ4v) is 2.44. The molecule has 0 saturated heterocycles. The smallest absolute Gasteiger partial charge is 0.416 e. The van der Waals surface area contributed by atoms with E-state index in [1.54, 1.807) is 43.5 Å². The van der Waals surface area contributed by atoms with Crippen LogP contribution >= 0.6 is 0 Å². The number of nitrogens with one attached hydrogen (secondary N) is 2. The van der Waals surface area contributed by atoms with E-state index in [0.717, 1.165) is 12.1 Å². The predicted molar refractivity (Wildman–Crippen MR) is 99.9 cm³/mol. The molecule has 1 aromatic heterocycles. The van der Waals surface area contributed by atoms with Gasteiger partial charge in [-0.05, 0) is 60.7 Å². The van der Waals surface area contributed by atoms with E-state index in [2.05, 4.69) is 15.6 Å². The molecule has 0 saturated carbocycles. The van der Waals surface area contributed by atoms with Crippen molar-refractivity contribution in [1.29, 1.82) is 0 Å². The number of hydrogen-bond acceptors (Lipinski definition) is 4. The maximum absolute atomic E-state index is 12.7. The minimum Gasteiger partial charge on any atom is -0.497 e. The normalized spacial score (nSPS) is 11.0. The number of hydrogen-bond donors (Lipinski definition) is 2. The van der Waals surface area contributed by atoms with Gasteiger partial charge in [0.2, 0.25) is 0 Å². The fraction of sp³-hybridized carbons (Fsp3) is 0.100. The van der Waals surface area contributed by atoms with Crippen LogP contribution in [0, 0.1) is 0 Å². The zero-order valence-corrected chi connectivity index (χ0v) is 14.7. The first-order valence-corrected chi connectivity index (χ1v) is 8.21. The quantitative estimate of drug-likeness (QED) is 0.639. The van der Waals surface area contributed by atoms with Crippen LogP contribution in [0.15, 0.2) is 66.9 Å². The first-order valence-electron chi connectivity index (χ1n) is 8.21. The van der Waals surface area contributed by atoms with Crippen LogP contribution < -0.4 is 15.4 Å². The lowest BCUT2D eigenvalue weighted by Crippen LogP contribution is -2.14. The molecular weight excluding hydrogens is 371 g/mol. The Labute approximate surface area is 159 Å². The van der Waals surface area contributed by atoms with Crippen molar-refractivity contribution in [3.63, 3.8) is 0 Å². The highest BCUT2D eigenvalue weighted by Crippen LogP contribution is 2.30. The van der Waals surface area contributed by atoms with Crippen LogP contribution in [0.2, 0.25) is 0 Å². The summed E-state index contributed by atoms with van der Waals surface area (Å²) in [5, 5.41) is 5.62. The van der Waals surface area contributed by atoms with Crippen LogP contribution in [0.1, 0.15) is 15.9 Å². The summed E-state index contributed by atoms with van der Waals surface area (Å²) in [6, 6.07) is 14.4. The van der Waals surface area contributed by atoms with Gasteiger partial charge >= 0.3 is 6.18 Å².